The van der Waals surface area contributed by atoms with E-state index >= 15 is 0 Å². The van der Waals surface area contributed by atoms with Crippen molar-refractivity contribution in [2.24, 2.45) is 0 Å². The Hall–Kier alpha value is -3.15. The summed E-state index contributed by atoms with van der Waals surface area (Å²) in [5.41, 5.74) is 1.75. The summed E-state index contributed by atoms with van der Waals surface area (Å²) in [4.78, 5) is 17.7. The minimum Gasteiger partial charge on any atom is -0.489 e. The van der Waals surface area contributed by atoms with E-state index in [0.717, 1.165) is 29.8 Å². The van der Waals surface area contributed by atoms with Crippen LogP contribution in [0.5, 0.6) is 5.75 Å². The van der Waals surface area contributed by atoms with Gasteiger partial charge in [0.2, 0.25) is 11.7 Å². The third-order valence-corrected chi connectivity index (χ3v) is 4.45. The molecular formula is C20H19N3O3. The van der Waals surface area contributed by atoms with Crippen molar-refractivity contribution in [2.45, 2.75) is 19.4 Å². The minimum absolute atomic E-state index is 0.0413. The van der Waals surface area contributed by atoms with E-state index in [9.17, 15) is 4.79 Å². The number of carbonyl (C=O) groups is 1. The molecule has 1 unspecified atom stereocenters. The quantitative estimate of drug-likeness (QED) is 0.722. The monoisotopic (exact) mass is 349 g/mol. The van der Waals surface area contributed by atoms with Gasteiger partial charge in [0.25, 0.3) is 5.89 Å². The summed E-state index contributed by atoms with van der Waals surface area (Å²) in [7, 11) is 0. The maximum Gasteiger partial charge on any atom is 0.258 e. The number of aromatic nitrogens is 2. The molecule has 1 amide bonds. The van der Waals surface area contributed by atoms with Crippen LogP contribution in [0.25, 0.3) is 22.8 Å². The molecule has 3 aromatic rings. The van der Waals surface area contributed by atoms with Crippen molar-refractivity contribution in [3.8, 4) is 28.6 Å². The number of nitrogens with zero attached hydrogens (tertiary/aromatic N) is 3. The Balaban J connectivity index is 1.44. The summed E-state index contributed by atoms with van der Waals surface area (Å²) < 4.78 is 11.3. The van der Waals surface area contributed by atoms with Crippen molar-refractivity contribution in [2.75, 3.05) is 13.1 Å². The second-order valence-electron chi connectivity index (χ2n) is 6.31. The fourth-order valence-corrected chi connectivity index (χ4v) is 3.02. The van der Waals surface area contributed by atoms with E-state index < -0.39 is 0 Å². The number of ether oxygens (including phenoxy) is 1. The van der Waals surface area contributed by atoms with Gasteiger partial charge < -0.3 is 14.2 Å². The average molecular weight is 349 g/mol. The molecule has 6 nitrogen and oxygen atoms in total. The van der Waals surface area contributed by atoms with Gasteiger partial charge in [-0.1, -0.05) is 23.4 Å². The highest BCUT2D eigenvalue weighted by molar-refractivity contribution is 5.73. The molecule has 1 aliphatic rings. The second-order valence-corrected chi connectivity index (χ2v) is 6.31. The van der Waals surface area contributed by atoms with Gasteiger partial charge in [-0.3, -0.25) is 4.79 Å². The molecule has 2 heterocycles. The van der Waals surface area contributed by atoms with E-state index in [0.29, 0.717) is 18.3 Å². The largest absolute Gasteiger partial charge is 0.489 e. The van der Waals surface area contributed by atoms with Gasteiger partial charge in [-0.15, -0.1) is 0 Å². The molecule has 132 valence electrons. The van der Waals surface area contributed by atoms with E-state index in [1.807, 2.05) is 59.5 Å². The Morgan fingerprint density at radius 1 is 1.12 bits per heavy atom. The molecule has 0 saturated carbocycles. The SMILES string of the molecule is CC(=O)N1CCC(Oc2ccc(-c3noc(-c4ccccc4)n3)cc2)C1. The van der Waals surface area contributed by atoms with Gasteiger partial charge >= 0.3 is 0 Å². The molecular weight excluding hydrogens is 330 g/mol. The molecule has 1 fully saturated rings. The number of likely N-dealkylation sites (tertiary alicyclic amines) is 1. The Morgan fingerprint density at radius 2 is 1.88 bits per heavy atom. The fraction of sp³-hybridized carbons (Fsp3) is 0.250. The van der Waals surface area contributed by atoms with Crippen LogP contribution >= 0.6 is 0 Å². The third kappa shape index (κ3) is 3.44. The van der Waals surface area contributed by atoms with E-state index in [1.54, 1.807) is 6.92 Å². The number of rotatable bonds is 4. The van der Waals surface area contributed by atoms with Gasteiger partial charge in [0.15, 0.2) is 0 Å². The first kappa shape index (κ1) is 16.3. The lowest BCUT2D eigenvalue weighted by molar-refractivity contribution is -0.128. The number of amides is 1. The summed E-state index contributed by atoms with van der Waals surface area (Å²) in [5.74, 6) is 1.91. The molecule has 1 saturated heterocycles. The molecule has 1 aliphatic heterocycles. The van der Waals surface area contributed by atoms with Crippen molar-refractivity contribution >= 4 is 5.91 Å². The first-order chi connectivity index (χ1) is 12.7. The van der Waals surface area contributed by atoms with Crippen LogP contribution in [-0.4, -0.2) is 40.1 Å². The summed E-state index contributed by atoms with van der Waals surface area (Å²) in [6.45, 7) is 2.98. The Morgan fingerprint density at radius 3 is 2.58 bits per heavy atom. The topological polar surface area (TPSA) is 68.5 Å². The van der Waals surface area contributed by atoms with Gasteiger partial charge in [0.05, 0.1) is 6.54 Å². The Kier molecular flexibility index (Phi) is 4.39. The normalized spacial score (nSPS) is 16.7. The third-order valence-electron chi connectivity index (χ3n) is 4.45. The average Bonchev–Trinajstić information content (AvgIpc) is 3.33. The first-order valence-electron chi connectivity index (χ1n) is 8.61. The zero-order valence-corrected chi connectivity index (χ0v) is 14.5. The number of benzene rings is 2. The van der Waals surface area contributed by atoms with Crippen LogP contribution in [0.1, 0.15) is 13.3 Å². The smallest absolute Gasteiger partial charge is 0.258 e. The summed E-state index contributed by atoms with van der Waals surface area (Å²) in [6, 6.07) is 17.3. The van der Waals surface area contributed by atoms with Crippen LogP contribution < -0.4 is 4.74 Å². The van der Waals surface area contributed by atoms with E-state index in [4.69, 9.17) is 9.26 Å². The van der Waals surface area contributed by atoms with Crippen LogP contribution in [0.3, 0.4) is 0 Å². The van der Waals surface area contributed by atoms with Crippen LogP contribution in [0, 0.1) is 0 Å². The van der Waals surface area contributed by atoms with E-state index in [2.05, 4.69) is 10.1 Å². The lowest BCUT2D eigenvalue weighted by atomic mass is 10.2. The van der Waals surface area contributed by atoms with Gasteiger partial charge in [-0.25, -0.2) is 0 Å². The van der Waals surface area contributed by atoms with Gasteiger partial charge in [0, 0.05) is 31.0 Å². The van der Waals surface area contributed by atoms with Gasteiger partial charge in [0.1, 0.15) is 11.9 Å². The predicted molar refractivity (Wildman–Crippen MR) is 96.5 cm³/mol. The van der Waals surface area contributed by atoms with Gasteiger partial charge in [-0.05, 0) is 36.4 Å². The maximum absolute atomic E-state index is 11.4. The van der Waals surface area contributed by atoms with Crippen molar-refractivity contribution in [1.29, 1.82) is 0 Å². The highest BCUT2D eigenvalue weighted by Gasteiger charge is 2.25. The second kappa shape index (κ2) is 7.00. The van der Waals surface area contributed by atoms with E-state index in [1.165, 1.54) is 0 Å². The molecule has 2 aromatic carbocycles. The highest BCUT2D eigenvalue weighted by Crippen LogP contribution is 2.25. The molecule has 0 spiro atoms. The van der Waals surface area contributed by atoms with Crippen molar-refractivity contribution in [1.82, 2.24) is 15.0 Å². The molecule has 0 N–H and O–H groups in total. The standard InChI is InChI=1S/C20H19N3O3/c1-14(24)23-12-11-18(13-23)25-17-9-7-15(8-10-17)19-21-20(26-22-19)16-5-3-2-4-6-16/h2-10,18H,11-13H2,1H3. The lowest BCUT2D eigenvalue weighted by Crippen LogP contribution is -2.28. The Bertz CT molecular complexity index is 890. The lowest BCUT2D eigenvalue weighted by Gasteiger charge is -2.15. The maximum atomic E-state index is 11.4. The molecule has 0 bridgehead atoms. The Labute approximate surface area is 151 Å². The fourth-order valence-electron chi connectivity index (χ4n) is 3.02. The zero-order valence-electron chi connectivity index (χ0n) is 14.5. The number of carbonyl (C=O) groups excluding carboxylic acids is 1. The summed E-state index contributed by atoms with van der Waals surface area (Å²) in [5, 5.41) is 4.05. The van der Waals surface area contributed by atoms with Crippen molar-refractivity contribution in [3.05, 3.63) is 54.6 Å². The molecule has 1 aromatic heterocycles. The first-order valence-corrected chi connectivity index (χ1v) is 8.61. The van der Waals surface area contributed by atoms with Crippen molar-refractivity contribution in [3.63, 3.8) is 0 Å². The van der Waals surface area contributed by atoms with Gasteiger partial charge in [-0.2, -0.15) is 4.98 Å². The minimum atomic E-state index is 0.0413. The summed E-state index contributed by atoms with van der Waals surface area (Å²) in [6.07, 6.45) is 0.895. The van der Waals surface area contributed by atoms with Crippen LogP contribution in [0.4, 0.5) is 0 Å². The molecule has 6 heteroatoms. The number of hydrogen-bond acceptors (Lipinski definition) is 5. The molecule has 0 aliphatic carbocycles. The molecule has 4 rings (SSSR count). The highest BCUT2D eigenvalue weighted by atomic mass is 16.5. The number of hydrogen-bond donors (Lipinski definition) is 0. The van der Waals surface area contributed by atoms with Crippen LogP contribution in [0.2, 0.25) is 0 Å². The zero-order chi connectivity index (χ0) is 17.9. The van der Waals surface area contributed by atoms with Crippen LogP contribution in [0.15, 0.2) is 59.1 Å². The van der Waals surface area contributed by atoms with E-state index in [-0.39, 0.29) is 12.0 Å². The molecule has 0 radical (unpaired) electrons. The van der Waals surface area contributed by atoms with Crippen molar-refractivity contribution < 1.29 is 14.1 Å². The van der Waals surface area contributed by atoms with Crippen LogP contribution in [-0.2, 0) is 4.79 Å². The summed E-state index contributed by atoms with van der Waals surface area (Å²) >= 11 is 0. The molecule has 26 heavy (non-hydrogen) atoms. The predicted octanol–water partition coefficient (Wildman–Crippen LogP) is 3.40. The molecule has 1 atom stereocenters.